The van der Waals surface area contributed by atoms with Crippen molar-refractivity contribution in [2.75, 3.05) is 26.7 Å². The lowest BCUT2D eigenvalue weighted by atomic mass is 10.2. The van der Waals surface area contributed by atoms with Crippen molar-refractivity contribution >= 4 is 11.9 Å². The summed E-state index contributed by atoms with van der Waals surface area (Å²) in [5.41, 5.74) is 0. The second-order valence-corrected chi connectivity index (χ2v) is 6.32. The Hall–Kier alpha value is -1.30. The van der Waals surface area contributed by atoms with E-state index < -0.39 is 0 Å². The highest BCUT2D eigenvalue weighted by atomic mass is 16.1. The van der Waals surface area contributed by atoms with Crippen LogP contribution >= 0.6 is 0 Å². The van der Waals surface area contributed by atoms with Crippen LogP contribution in [0.15, 0.2) is 4.99 Å². The molecule has 1 amide bonds. The summed E-state index contributed by atoms with van der Waals surface area (Å²) >= 11 is 0. The van der Waals surface area contributed by atoms with Crippen molar-refractivity contribution in [1.82, 2.24) is 20.9 Å². The predicted octanol–water partition coefficient (Wildman–Crippen LogP) is 1.18. The Kier molecular flexibility index (Phi) is 10.6. The maximum absolute atomic E-state index is 11.6. The molecule has 0 aromatic heterocycles. The highest BCUT2D eigenvalue weighted by molar-refractivity contribution is 5.81. The number of hydrogen-bond acceptors (Lipinski definition) is 3. The standard InChI is InChI=1S/C16H35N5O/c1-12(2)20-15(22)8-9-18-16(17-7)19-10-11-21(13(3)4)14(5)6/h12-14H,8-11H2,1-7H3,(H,20,22)(H2,17,18,19). The highest BCUT2D eigenvalue weighted by Crippen LogP contribution is 2.03. The minimum absolute atomic E-state index is 0.0590. The van der Waals surface area contributed by atoms with Gasteiger partial charge in [0.2, 0.25) is 5.91 Å². The summed E-state index contributed by atoms with van der Waals surface area (Å²) in [6, 6.07) is 1.23. The van der Waals surface area contributed by atoms with Gasteiger partial charge >= 0.3 is 0 Å². The average Bonchev–Trinajstić information content (AvgIpc) is 2.39. The second-order valence-electron chi connectivity index (χ2n) is 6.32. The first-order valence-electron chi connectivity index (χ1n) is 8.27. The van der Waals surface area contributed by atoms with Crippen molar-refractivity contribution in [3.63, 3.8) is 0 Å². The average molecular weight is 313 g/mol. The number of nitrogens with zero attached hydrogens (tertiary/aromatic N) is 2. The number of nitrogens with one attached hydrogen (secondary N) is 3. The fourth-order valence-electron chi connectivity index (χ4n) is 2.33. The van der Waals surface area contributed by atoms with Crippen LogP contribution in [-0.2, 0) is 4.79 Å². The Morgan fingerprint density at radius 1 is 1.00 bits per heavy atom. The molecule has 0 spiro atoms. The van der Waals surface area contributed by atoms with Crippen molar-refractivity contribution in [1.29, 1.82) is 0 Å². The minimum Gasteiger partial charge on any atom is -0.356 e. The zero-order valence-corrected chi connectivity index (χ0v) is 15.4. The molecule has 0 aromatic rings. The zero-order chi connectivity index (χ0) is 17.1. The van der Waals surface area contributed by atoms with Crippen LogP contribution in [0.25, 0.3) is 0 Å². The lowest BCUT2D eigenvalue weighted by molar-refractivity contribution is -0.121. The maximum Gasteiger partial charge on any atom is 0.221 e. The van der Waals surface area contributed by atoms with Crippen LogP contribution in [0.5, 0.6) is 0 Å². The molecule has 0 atom stereocenters. The van der Waals surface area contributed by atoms with Crippen LogP contribution in [0.1, 0.15) is 48.0 Å². The molecule has 0 unspecified atom stereocenters. The van der Waals surface area contributed by atoms with Crippen LogP contribution < -0.4 is 16.0 Å². The number of rotatable bonds is 9. The van der Waals surface area contributed by atoms with E-state index in [0.717, 1.165) is 19.0 Å². The third-order valence-electron chi connectivity index (χ3n) is 3.31. The fraction of sp³-hybridized carbons (Fsp3) is 0.875. The molecule has 22 heavy (non-hydrogen) atoms. The Morgan fingerprint density at radius 3 is 2.00 bits per heavy atom. The van der Waals surface area contributed by atoms with Gasteiger partial charge in [0.05, 0.1) is 0 Å². The van der Waals surface area contributed by atoms with Crippen LogP contribution in [0.4, 0.5) is 0 Å². The lowest BCUT2D eigenvalue weighted by Gasteiger charge is -2.30. The third kappa shape index (κ3) is 9.60. The van der Waals surface area contributed by atoms with E-state index in [1.165, 1.54) is 0 Å². The summed E-state index contributed by atoms with van der Waals surface area (Å²) in [4.78, 5) is 18.2. The van der Waals surface area contributed by atoms with E-state index >= 15 is 0 Å². The normalized spacial score (nSPS) is 12.4. The van der Waals surface area contributed by atoms with Gasteiger partial charge in [-0.25, -0.2) is 0 Å². The molecule has 0 aliphatic heterocycles. The Labute approximate surface area is 136 Å². The largest absolute Gasteiger partial charge is 0.356 e. The van der Waals surface area contributed by atoms with Crippen molar-refractivity contribution in [2.45, 2.75) is 66.1 Å². The second kappa shape index (κ2) is 11.3. The summed E-state index contributed by atoms with van der Waals surface area (Å²) in [5, 5.41) is 9.33. The molecule has 0 aliphatic carbocycles. The molecule has 0 bridgehead atoms. The summed E-state index contributed by atoms with van der Waals surface area (Å²) in [6.45, 7) is 15.1. The lowest BCUT2D eigenvalue weighted by Crippen LogP contribution is -2.45. The summed E-state index contributed by atoms with van der Waals surface area (Å²) < 4.78 is 0. The number of carbonyl (C=O) groups excluding carboxylic acids is 1. The number of guanidine groups is 1. The van der Waals surface area contributed by atoms with Gasteiger partial charge in [0.25, 0.3) is 0 Å². The Balaban J connectivity index is 4.01. The Bertz CT molecular complexity index is 331. The van der Waals surface area contributed by atoms with Crippen LogP contribution in [-0.4, -0.2) is 61.6 Å². The SMILES string of the molecule is CN=C(NCCC(=O)NC(C)C)NCCN(C(C)C)C(C)C. The summed E-state index contributed by atoms with van der Waals surface area (Å²) in [7, 11) is 1.74. The number of amides is 1. The Morgan fingerprint density at radius 2 is 1.55 bits per heavy atom. The number of carbonyl (C=O) groups is 1. The quantitative estimate of drug-likeness (QED) is 0.442. The monoisotopic (exact) mass is 313 g/mol. The fourth-order valence-corrected chi connectivity index (χ4v) is 2.33. The number of aliphatic imine (C=N–C) groups is 1. The molecular formula is C16H35N5O. The molecule has 0 aliphatic rings. The highest BCUT2D eigenvalue weighted by Gasteiger charge is 2.12. The van der Waals surface area contributed by atoms with Crippen molar-refractivity contribution in [3.05, 3.63) is 0 Å². The molecule has 130 valence electrons. The van der Waals surface area contributed by atoms with Gasteiger partial charge in [0, 0.05) is 51.2 Å². The first kappa shape index (κ1) is 20.7. The number of hydrogen-bond donors (Lipinski definition) is 3. The van der Waals surface area contributed by atoms with Gasteiger partial charge in [-0.1, -0.05) is 0 Å². The van der Waals surface area contributed by atoms with Gasteiger partial charge in [-0.05, 0) is 41.5 Å². The van der Waals surface area contributed by atoms with Crippen molar-refractivity contribution in [2.24, 2.45) is 4.99 Å². The molecule has 3 N–H and O–H groups in total. The molecule has 0 fully saturated rings. The van der Waals surface area contributed by atoms with Gasteiger partial charge in [-0.15, -0.1) is 0 Å². The van der Waals surface area contributed by atoms with E-state index in [9.17, 15) is 4.79 Å². The van der Waals surface area contributed by atoms with E-state index in [1.54, 1.807) is 7.05 Å². The molecule has 0 saturated carbocycles. The van der Waals surface area contributed by atoms with Gasteiger partial charge in [-0.2, -0.15) is 0 Å². The van der Waals surface area contributed by atoms with Gasteiger partial charge in [0.15, 0.2) is 5.96 Å². The molecule has 0 aromatic carbocycles. The maximum atomic E-state index is 11.6. The minimum atomic E-state index is 0.0590. The summed E-state index contributed by atoms with van der Waals surface area (Å²) in [6.07, 6.45) is 0.447. The third-order valence-corrected chi connectivity index (χ3v) is 3.31. The van der Waals surface area contributed by atoms with E-state index in [4.69, 9.17) is 0 Å². The van der Waals surface area contributed by atoms with E-state index in [1.807, 2.05) is 13.8 Å². The molecule has 0 rings (SSSR count). The topological polar surface area (TPSA) is 68.8 Å². The van der Waals surface area contributed by atoms with E-state index in [2.05, 4.69) is 53.5 Å². The van der Waals surface area contributed by atoms with Gasteiger partial charge in [-0.3, -0.25) is 14.7 Å². The molecule has 6 nitrogen and oxygen atoms in total. The summed E-state index contributed by atoms with van der Waals surface area (Å²) in [5.74, 6) is 0.800. The van der Waals surface area contributed by atoms with E-state index in [-0.39, 0.29) is 11.9 Å². The van der Waals surface area contributed by atoms with Gasteiger partial charge < -0.3 is 16.0 Å². The van der Waals surface area contributed by atoms with Crippen LogP contribution in [0, 0.1) is 0 Å². The predicted molar refractivity (Wildman–Crippen MR) is 94.2 cm³/mol. The first-order valence-corrected chi connectivity index (χ1v) is 8.27. The molecular weight excluding hydrogens is 278 g/mol. The molecule has 6 heteroatoms. The smallest absolute Gasteiger partial charge is 0.221 e. The molecule has 0 heterocycles. The van der Waals surface area contributed by atoms with Gasteiger partial charge in [0.1, 0.15) is 0 Å². The van der Waals surface area contributed by atoms with E-state index in [0.29, 0.717) is 25.0 Å². The van der Waals surface area contributed by atoms with Crippen molar-refractivity contribution < 1.29 is 4.79 Å². The first-order chi connectivity index (χ1) is 10.3. The zero-order valence-electron chi connectivity index (χ0n) is 15.4. The van der Waals surface area contributed by atoms with Crippen LogP contribution in [0.3, 0.4) is 0 Å². The molecule has 0 radical (unpaired) electrons. The van der Waals surface area contributed by atoms with Crippen molar-refractivity contribution in [3.8, 4) is 0 Å². The van der Waals surface area contributed by atoms with Crippen LogP contribution in [0.2, 0.25) is 0 Å². The molecule has 0 saturated heterocycles.